The van der Waals surface area contributed by atoms with Gasteiger partial charge in [0.15, 0.2) is 5.65 Å². The number of para-hydroxylation sites is 1. The number of aromatic nitrogens is 6. The zero-order valence-corrected chi connectivity index (χ0v) is 20.6. The fraction of sp³-hybridized carbons (Fsp3) is 0.130. The summed E-state index contributed by atoms with van der Waals surface area (Å²) in [5.74, 6) is -0.251. The lowest BCUT2D eigenvalue weighted by Crippen LogP contribution is -2.16. The molecule has 182 valence electrons. The van der Waals surface area contributed by atoms with E-state index in [2.05, 4.69) is 39.8 Å². The van der Waals surface area contributed by atoms with Crippen LogP contribution in [0.4, 0.5) is 11.6 Å². The molecule has 0 bridgehead atoms. The van der Waals surface area contributed by atoms with E-state index in [-0.39, 0.29) is 22.5 Å². The highest BCUT2D eigenvalue weighted by atomic mass is 32.2. The fourth-order valence-electron chi connectivity index (χ4n) is 3.65. The average molecular weight is 521 g/mol. The van der Waals surface area contributed by atoms with Crippen molar-refractivity contribution in [1.29, 1.82) is 0 Å². The van der Waals surface area contributed by atoms with Gasteiger partial charge in [-0.3, -0.25) is 4.79 Å². The van der Waals surface area contributed by atoms with Crippen LogP contribution in [0.15, 0.2) is 77.0 Å². The van der Waals surface area contributed by atoms with Crippen LogP contribution in [0, 0.1) is 0 Å². The Morgan fingerprint density at radius 2 is 1.75 bits per heavy atom. The average Bonchev–Trinajstić information content (AvgIpc) is 3.21. The largest absolute Gasteiger partial charge is 0.325 e. The zero-order valence-electron chi connectivity index (χ0n) is 19.0. The number of hydrogen-bond acceptors (Lipinski definition) is 9. The maximum absolute atomic E-state index is 12.5. The van der Waals surface area contributed by atoms with Crippen molar-refractivity contribution >= 4 is 61.4 Å². The number of thioether (sulfide) groups is 1. The number of fused-ring (bicyclic) bond motifs is 3. The van der Waals surface area contributed by atoms with Gasteiger partial charge in [0.1, 0.15) is 5.52 Å². The van der Waals surface area contributed by atoms with Crippen molar-refractivity contribution in [3.8, 4) is 0 Å². The number of hydrogen-bond donors (Lipinski definition) is 2. The van der Waals surface area contributed by atoms with Crippen LogP contribution in [0.5, 0.6) is 0 Å². The molecule has 5 rings (SSSR count). The van der Waals surface area contributed by atoms with Gasteiger partial charge in [0.2, 0.25) is 17.0 Å². The van der Waals surface area contributed by atoms with Crippen LogP contribution in [0.1, 0.15) is 6.92 Å². The number of aryl methyl sites for hydroxylation is 1. The molecule has 0 aliphatic rings. The van der Waals surface area contributed by atoms with Crippen molar-refractivity contribution in [2.45, 2.75) is 23.5 Å². The van der Waals surface area contributed by atoms with Crippen LogP contribution in [0.2, 0.25) is 0 Å². The number of benzene rings is 2. The predicted octanol–water partition coefficient (Wildman–Crippen LogP) is 3.32. The summed E-state index contributed by atoms with van der Waals surface area (Å²) >= 11 is 1.17. The molecule has 0 radical (unpaired) electrons. The third-order valence-corrected chi connectivity index (χ3v) is 7.42. The Hall–Kier alpha value is -4.10. The van der Waals surface area contributed by atoms with Gasteiger partial charge in [-0.1, -0.05) is 30.0 Å². The molecular weight excluding hydrogens is 500 g/mol. The van der Waals surface area contributed by atoms with Crippen LogP contribution >= 0.6 is 11.8 Å². The van der Waals surface area contributed by atoms with Crippen LogP contribution in [-0.4, -0.2) is 49.8 Å². The zero-order chi connectivity index (χ0) is 25.1. The van der Waals surface area contributed by atoms with Gasteiger partial charge in [0.05, 0.1) is 16.2 Å². The SMILES string of the molecule is CCn1c2ccccc2c2nnc(SCC(=O)Nc3ccc(S(=O)(=O)Nc4ncccn4)cc3)nc21. The highest BCUT2D eigenvalue weighted by Crippen LogP contribution is 2.27. The number of nitrogens with one attached hydrogen (secondary N) is 2. The molecule has 1 amide bonds. The first-order chi connectivity index (χ1) is 17.4. The minimum absolute atomic E-state index is 0.0152. The third kappa shape index (κ3) is 4.83. The molecule has 0 unspecified atom stereocenters. The van der Waals surface area contributed by atoms with Crippen molar-refractivity contribution in [1.82, 2.24) is 29.7 Å². The van der Waals surface area contributed by atoms with E-state index in [1.165, 1.54) is 48.4 Å². The molecule has 36 heavy (non-hydrogen) atoms. The van der Waals surface area contributed by atoms with Crippen LogP contribution in [0.25, 0.3) is 22.1 Å². The van der Waals surface area contributed by atoms with E-state index in [0.717, 1.165) is 28.6 Å². The van der Waals surface area contributed by atoms with E-state index in [4.69, 9.17) is 0 Å². The Morgan fingerprint density at radius 3 is 2.50 bits per heavy atom. The number of carbonyl (C=O) groups excluding carboxylic acids is 1. The smallest absolute Gasteiger partial charge is 0.264 e. The third-order valence-electron chi connectivity index (χ3n) is 5.24. The number of anilines is 2. The van der Waals surface area contributed by atoms with Gasteiger partial charge in [-0.15, -0.1) is 10.2 Å². The Bertz CT molecular complexity index is 1660. The summed E-state index contributed by atoms with van der Waals surface area (Å²) in [5.41, 5.74) is 2.94. The molecule has 0 aliphatic heterocycles. The second-order valence-corrected chi connectivity index (χ2v) is 10.2. The van der Waals surface area contributed by atoms with Crippen molar-refractivity contribution in [3.05, 3.63) is 67.0 Å². The van der Waals surface area contributed by atoms with E-state index in [1.54, 1.807) is 6.07 Å². The quantitative estimate of drug-likeness (QED) is 0.294. The molecule has 0 atom stereocenters. The van der Waals surface area contributed by atoms with Gasteiger partial charge in [-0.25, -0.2) is 28.1 Å². The minimum Gasteiger partial charge on any atom is -0.325 e. The van der Waals surface area contributed by atoms with Gasteiger partial charge >= 0.3 is 0 Å². The number of rotatable bonds is 8. The van der Waals surface area contributed by atoms with E-state index in [1.807, 2.05) is 31.2 Å². The first kappa shape index (κ1) is 23.6. The summed E-state index contributed by atoms with van der Waals surface area (Å²) in [6.07, 6.45) is 2.87. The van der Waals surface area contributed by atoms with Crippen LogP contribution in [-0.2, 0) is 21.4 Å². The summed E-state index contributed by atoms with van der Waals surface area (Å²) in [4.78, 5) is 24.8. The monoisotopic (exact) mass is 520 g/mol. The van der Waals surface area contributed by atoms with Gasteiger partial charge in [-0.05, 0) is 43.3 Å². The lowest BCUT2D eigenvalue weighted by atomic mass is 10.2. The van der Waals surface area contributed by atoms with E-state index in [0.29, 0.717) is 10.8 Å². The molecule has 3 heterocycles. The highest BCUT2D eigenvalue weighted by Gasteiger charge is 2.17. The highest BCUT2D eigenvalue weighted by molar-refractivity contribution is 7.99. The molecular formula is C23H20N8O3S2. The Kier molecular flexibility index (Phi) is 6.48. The van der Waals surface area contributed by atoms with Crippen molar-refractivity contribution in [2.75, 3.05) is 15.8 Å². The van der Waals surface area contributed by atoms with Gasteiger partial charge < -0.3 is 9.88 Å². The number of nitrogens with zero attached hydrogens (tertiary/aromatic N) is 6. The molecule has 2 aromatic carbocycles. The molecule has 0 spiro atoms. The van der Waals surface area contributed by atoms with Gasteiger partial charge in [0.25, 0.3) is 10.0 Å². The van der Waals surface area contributed by atoms with Crippen molar-refractivity contribution in [3.63, 3.8) is 0 Å². The molecule has 5 aromatic rings. The molecule has 3 aromatic heterocycles. The summed E-state index contributed by atoms with van der Waals surface area (Å²) in [6.45, 7) is 2.77. The van der Waals surface area contributed by atoms with Crippen molar-refractivity contribution < 1.29 is 13.2 Å². The maximum atomic E-state index is 12.5. The molecule has 0 fully saturated rings. The lowest BCUT2D eigenvalue weighted by Gasteiger charge is -2.08. The summed E-state index contributed by atoms with van der Waals surface area (Å²) in [5, 5.41) is 12.6. The first-order valence-corrected chi connectivity index (χ1v) is 13.4. The standard InChI is InChI=1S/C23H20N8O3S2/c1-2-31-18-7-4-3-6-17(18)20-21(31)27-23(29-28-20)35-14-19(32)26-15-8-10-16(11-9-15)36(33,34)30-22-24-12-5-13-25-22/h3-13H,2,14H2,1H3,(H,26,32)(H,24,25,30). The molecule has 0 aliphatic carbocycles. The van der Waals surface area contributed by atoms with E-state index in [9.17, 15) is 13.2 Å². The second-order valence-electron chi connectivity index (χ2n) is 7.57. The first-order valence-electron chi connectivity index (χ1n) is 10.9. The van der Waals surface area contributed by atoms with E-state index >= 15 is 0 Å². The molecule has 0 saturated heterocycles. The summed E-state index contributed by atoms with van der Waals surface area (Å²) in [6, 6.07) is 15.3. The Labute approximate surface area is 210 Å². The predicted molar refractivity (Wildman–Crippen MR) is 137 cm³/mol. The van der Waals surface area contributed by atoms with E-state index < -0.39 is 10.0 Å². The van der Waals surface area contributed by atoms with Crippen molar-refractivity contribution in [2.24, 2.45) is 0 Å². The van der Waals surface area contributed by atoms with Gasteiger partial charge in [-0.2, -0.15) is 0 Å². The minimum atomic E-state index is -3.86. The lowest BCUT2D eigenvalue weighted by molar-refractivity contribution is -0.113. The summed E-state index contributed by atoms with van der Waals surface area (Å²) < 4.78 is 29.3. The van der Waals surface area contributed by atoms with Crippen LogP contribution in [0.3, 0.4) is 0 Å². The topological polar surface area (TPSA) is 145 Å². The normalized spacial score (nSPS) is 11.6. The molecule has 13 heteroatoms. The Morgan fingerprint density at radius 1 is 1.00 bits per heavy atom. The van der Waals surface area contributed by atoms with Crippen LogP contribution < -0.4 is 10.0 Å². The number of amides is 1. The summed E-state index contributed by atoms with van der Waals surface area (Å²) in [7, 11) is -3.86. The molecule has 2 N–H and O–H groups in total. The Balaban J connectivity index is 1.23. The van der Waals surface area contributed by atoms with Gasteiger partial charge in [0, 0.05) is 30.0 Å². The second kappa shape index (κ2) is 9.87. The number of sulfonamides is 1. The number of carbonyl (C=O) groups is 1. The molecule has 0 saturated carbocycles. The maximum Gasteiger partial charge on any atom is 0.264 e. The molecule has 11 nitrogen and oxygen atoms in total. The fourth-order valence-corrected chi connectivity index (χ4v) is 5.19.